The van der Waals surface area contributed by atoms with Gasteiger partial charge in [-0.25, -0.2) is 0 Å². The maximum atomic E-state index is 12.1. The molecule has 0 bridgehead atoms. The van der Waals surface area contributed by atoms with Crippen LogP contribution in [0, 0.1) is 5.41 Å². The number of hydrogen-bond donors (Lipinski definition) is 1. The minimum atomic E-state index is -2.07. The van der Waals surface area contributed by atoms with E-state index in [1.165, 1.54) is 115 Å². The number of esters is 1. The van der Waals surface area contributed by atoms with E-state index in [4.69, 9.17) is 4.74 Å². The molecule has 1 fully saturated rings. The molecule has 1 heterocycles. The minimum absolute atomic E-state index is 0.0872. The van der Waals surface area contributed by atoms with E-state index >= 15 is 0 Å². The Morgan fingerprint density at radius 1 is 0.523 bits per heavy atom. The Kier molecular flexibility index (Phi) is 20.4. The maximum absolute atomic E-state index is 12.1. The molecule has 4 aromatic carbocycles. The molecule has 1 aliphatic rings. The molecule has 0 atom stereocenters. The van der Waals surface area contributed by atoms with Gasteiger partial charge in [-0.1, -0.05) is 0 Å². The van der Waals surface area contributed by atoms with Crippen molar-refractivity contribution in [3.63, 3.8) is 0 Å². The summed E-state index contributed by atoms with van der Waals surface area (Å²) in [7, 11) is 0.916. The van der Waals surface area contributed by atoms with Gasteiger partial charge in [0.25, 0.3) is 0 Å². The van der Waals surface area contributed by atoms with E-state index in [9.17, 15) is 4.79 Å². The van der Waals surface area contributed by atoms with Crippen LogP contribution in [0.4, 0.5) is 0 Å². The summed E-state index contributed by atoms with van der Waals surface area (Å²) in [6, 6.07) is 47.8. The first kappa shape index (κ1) is 53.1. The Labute approximate surface area is 399 Å². The van der Waals surface area contributed by atoms with Crippen molar-refractivity contribution in [3.05, 3.63) is 121 Å². The number of quaternary nitrogens is 1. The van der Waals surface area contributed by atoms with Crippen molar-refractivity contribution < 1.29 is 14.0 Å². The molecule has 0 radical (unpaired) electrons. The molecule has 0 amide bonds. The number of rotatable bonds is 27. The summed E-state index contributed by atoms with van der Waals surface area (Å²) in [5, 5.41) is 10.4. The van der Waals surface area contributed by atoms with Gasteiger partial charge in [0.15, 0.2) is 0 Å². The summed E-state index contributed by atoms with van der Waals surface area (Å²) < 4.78 is 6.58. The van der Waals surface area contributed by atoms with Crippen molar-refractivity contribution in [2.75, 3.05) is 51.9 Å². The summed E-state index contributed by atoms with van der Waals surface area (Å²) in [5.74, 6) is -0.0872. The van der Waals surface area contributed by atoms with Gasteiger partial charge < -0.3 is 0 Å². The second-order valence-corrected chi connectivity index (χ2v) is 31.7. The van der Waals surface area contributed by atoms with E-state index in [0.717, 1.165) is 17.3 Å². The Morgan fingerprint density at radius 3 is 1.18 bits per heavy atom. The summed E-state index contributed by atoms with van der Waals surface area (Å²) in [6.45, 7) is 17.2. The van der Waals surface area contributed by atoms with Gasteiger partial charge in [0.2, 0.25) is 0 Å². The molecule has 4 nitrogen and oxygen atoms in total. The van der Waals surface area contributed by atoms with Crippen LogP contribution in [0.25, 0.3) is 0 Å². The first-order valence-electron chi connectivity index (χ1n) is 26.0. The zero-order valence-corrected chi connectivity index (χ0v) is 44.7. The Balaban J connectivity index is 1.24. The first-order valence-corrected chi connectivity index (χ1v) is 30.8. The second-order valence-electron chi connectivity index (χ2n) is 23.1. The van der Waals surface area contributed by atoms with E-state index in [1.54, 1.807) is 21.2 Å². The number of nitrogens with zero attached hydrogens (tertiary/aromatic N) is 1. The summed E-state index contributed by atoms with van der Waals surface area (Å²) in [5.41, 5.74) is -0.0784. The van der Waals surface area contributed by atoms with Crippen LogP contribution in [0.3, 0.4) is 0 Å². The molecule has 65 heavy (non-hydrogen) atoms. The van der Waals surface area contributed by atoms with Crippen LogP contribution in [0.15, 0.2) is 121 Å². The van der Waals surface area contributed by atoms with E-state index in [-0.39, 0.29) is 17.0 Å². The number of unbranched alkanes of at least 4 members (excludes halogenated alkanes) is 10. The average molecular weight is 924 g/mol. The van der Waals surface area contributed by atoms with Gasteiger partial charge in [-0.2, -0.15) is 0 Å². The van der Waals surface area contributed by atoms with Gasteiger partial charge in [0, 0.05) is 0 Å². The summed E-state index contributed by atoms with van der Waals surface area (Å²) in [4.78, 5) is 12.1. The molecule has 1 N–H and O–H groups in total. The predicted octanol–water partition coefficient (Wildman–Crippen LogP) is 12.8. The summed E-state index contributed by atoms with van der Waals surface area (Å²) in [6.07, 6.45) is 24.1. The van der Waals surface area contributed by atoms with Crippen LogP contribution in [-0.4, -0.2) is 79.5 Å². The van der Waals surface area contributed by atoms with E-state index in [1.807, 2.05) is 20.8 Å². The monoisotopic (exact) mass is 924 g/mol. The van der Waals surface area contributed by atoms with Crippen LogP contribution >= 0.6 is 14.5 Å². The Bertz CT molecular complexity index is 1850. The van der Waals surface area contributed by atoms with Crippen LogP contribution in [0.1, 0.15) is 145 Å². The average Bonchev–Trinajstić information content (AvgIpc) is 3.28. The molecule has 0 aliphatic carbocycles. The molecule has 6 heteroatoms. The molecule has 1 saturated heterocycles. The van der Waals surface area contributed by atoms with Crippen molar-refractivity contribution in [2.24, 2.45) is 5.41 Å². The van der Waals surface area contributed by atoms with Gasteiger partial charge in [-0.05, 0) is 20.8 Å². The fraction of sp³-hybridized carbons (Fsp3) is 0.576. The van der Waals surface area contributed by atoms with Gasteiger partial charge in [-0.3, -0.25) is 4.79 Å². The van der Waals surface area contributed by atoms with E-state index in [2.05, 4.69) is 168 Å². The molecule has 0 unspecified atom stereocenters. The van der Waals surface area contributed by atoms with Crippen molar-refractivity contribution in [1.29, 1.82) is 0 Å². The number of nitrogens with one attached hydrogen (secondary N) is 1. The third-order valence-electron chi connectivity index (χ3n) is 15.1. The van der Waals surface area contributed by atoms with Gasteiger partial charge in [-0.15, -0.1) is 0 Å². The standard InChI is InChI=1S/C59H93N2O2P2/c1-57(2,3)56(62)63-44-30-15-13-11-10-12-14-16-31-45-64(52-35-21-17-22-36-52,53-37-23-18-24-38-53)47-33-34-48-65(54-39-25-19-26-40-54,55-41-27-20-28-42-55)46-32-29-43-61(8,9)51-49-58(4,5)60-59(6,7)50-51/h17-28,35-42,51,60,64-65H,10-16,29-34,43-50H2,1-9H3/q+1. The second kappa shape index (κ2) is 24.9. The number of piperidine rings is 1. The molecule has 0 saturated carbocycles. The number of carbonyl (C=O) groups is 1. The fourth-order valence-electron chi connectivity index (χ4n) is 11.7. The molecular formula is C59H93N2O2P2+. The molecule has 5 rings (SSSR count). The Hall–Kier alpha value is -2.87. The third kappa shape index (κ3) is 16.1. The fourth-order valence-corrected chi connectivity index (χ4v) is 21.9. The van der Waals surface area contributed by atoms with Crippen LogP contribution < -0.4 is 26.5 Å². The van der Waals surface area contributed by atoms with Crippen molar-refractivity contribution >= 4 is 41.7 Å². The molecular weight excluding hydrogens is 831 g/mol. The van der Waals surface area contributed by atoms with Crippen molar-refractivity contribution in [3.8, 4) is 0 Å². The molecule has 0 aromatic heterocycles. The number of carbonyl (C=O) groups excluding carboxylic acids is 1. The van der Waals surface area contributed by atoms with Gasteiger partial charge in [0.05, 0.1) is 5.41 Å². The normalized spacial score (nSPS) is 16.3. The van der Waals surface area contributed by atoms with Crippen LogP contribution in [-0.2, 0) is 9.53 Å². The Morgan fingerprint density at radius 2 is 0.831 bits per heavy atom. The van der Waals surface area contributed by atoms with Crippen LogP contribution in [0.2, 0.25) is 0 Å². The van der Waals surface area contributed by atoms with Gasteiger partial charge >= 0.3 is 371 Å². The zero-order valence-electron chi connectivity index (χ0n) is 42.7. The van der Waals surface area contributed by atoms with Crippen molar-refractivity contribution in [1.82, 2.24) is 5.32 Å². The first-order chi connectivity index (χ1) is 31.0. The van der Waals surface area contributed by atoms with Crippen molar-refractivity contribution in [2.45, 2.75) is 162 Å². The molecule has 360 valence electrons. The van der Waals surface area contributed by atoms with Gasteiger partial charge in [0.1, 0.15) is 0 Å². The zero-order chi connectivity index (χ0) is 46.9. The number of benzene rings is 4. The predicted molar refractivity (Wildman–Crippen MR) is 292 cm³/mol. The molecule has 4 aromatic rings. The van der Waals surface area contributed by atoms with E-state index < -0.39 is 19.9 Å². The van der Waals surface area contributed by atoms with Crippen LogP contribution in [0.5, 0.6) is 0 Å². The quantitative estimate of drug-likeness (QED) is 0.0280. The third-order valence-corrected chi connectivity index (χ3v) is 25.7. The number of ether oxygens (including phenoxy) is 1. The SMILES string of the molecule is CC1(C)CC([N+](C)(C)CCCC[PH](CCCC[PH](CCCCCCCCCCCOC(=O)C(C)(C)C)(c2ccccc2)c2ccccc2)(c2ccccc2)c2ccccc2)CC(C)(C)N1. The molecule has 1 aliphatic heterocycles. The molecule has 0 spiro atoms. The van der Waals surface area contributed by atoms with E-state index in [0.29, 0.717) is 12.6 Å². The topological polar surface area (TPSA) is 38.3 Å². The summed E-state index contributed by atoms with van der Waals surface area (Å²) >= 11 is 0. The number of hydrogen-bond acceptors (Lipinski definition) is 3.